The van der Waals surface area contributed by atoms with E-state index in [1.807, 2.05) is 32.0 Å². The van der Waals surface area contributed by atoms with Gasteiger partial charge < -0.3 is 15.7 Å². The fraction of sp³-hybridized carbons (Fsp3) is 0.529. The molecule has 0 fully saturated rings. The fourth-order valence-corrected chi connectivity index (χ4v) is 2.07. The van der Waals surface area contributed by atoms with Crippen LogP contribution in [0, 0.1) is 19.8 Å². The van der Waals surface area contributed by atoms with Crippen LogP contribution in [0.3, 0.4) is 0 Å². The molecule has 3 N–H and O–H groups in total. The Bertz CT molecular complexity index is 527. The van der Waals surface area contributed by atoms with Crippen molar-refractivity contribution in [1.82, 2.24) is 5.32 Å². The lowest BCUT2D eigenvalue weighted by Gasteiger charge is -2.16. The number of hydrogen-bond acceptors (Lipinski definition) is 3. The fourth-order valence-electron chi connectivity index (χ4n) is 2.07. The molecule has 122 valence electrons. The van der Waals surface area contributed by atoms with Gasteiger partial charge in [-0.15, -0.1) is 0 Å². The van der Waals surface area contributed by atoms with Crippen LogP contribution in [0.1, 0.15) is 37.8 Å². The summed E-state index contributed by atoms with van der Waals surface area (Å²) in [5, 5.41) is 14.9. The van der Waals surface area contributed by atoms with E-state index in [9.17, 15) is 14.7 Å². The SMILES string of the molecule is Cc1cccc(NC(=O)C[C@@H](NCCC(C)C)C(=O)O)c1C. The van der Waals surface area contributed by atoms with Crippen molar-refractivity contribution in [3.05, 3.63) is 29.3 Å². The molecule has 0 aliphatic heterocycles. The van der Waals surface area contributed by atoms with Gasteiger partial charge >= 0.3 is 5.97 Å². The minimum absolute atomic E-state index is 0.0825. The predicted octanol–water partition coefficient (Wildman–Crippen LogP) is 2.72. The van der Waals surface area contributed by atoms with Crippen molar-refractivity contribution >= 4 is 17.6 Å². The van der Waals surface area contributed by atoms with Crippen LogP contribution in [0.15, 0.2) is 18.2 Å². The van der Waals surface area contributed by atoms with Crippen LogP contribution < -0.4 is 10.6 Å². The largest absolute Gasteiger partial charge is 0.480 e. The Balaban J connectivity index is 2.60. The maximum absolute atomic E-state index is 12.1. The summed E-state index contributed by atoms with van der Waals surface area (Å²) in [6, 6.07) is 4.80. The molecule has 0 saturated heterocycles. The van der Waals surface area contributed by atoms with E-state index in [0.717, 1.165) is 23.2 Å². The lowest BCUT2D eigenvalue weighted by atomic mass is 10.1. The molecule has 0 spiro atoms. The van der Waals surface area contributed by atoms with E-state index in [2.05, 4.69) is 24.5 Å². The van der Waals surface area contributed by atoms with Gasteiger partial charge in [0.1, 0.15) is 6.04 Å². The Kier molecular flexibility index (Phi) is 7.05. The molecule has 0 bridgehead atoms. The number of nitrogens with one attached hydrogen (secondary N) is 2. The van der Waals surface area contributed by atoms with E-state index in [1.54, 1.807) is 0 Å². The molecule has 0 radical (unpaired) electrons. The minimum Gasteiger partial charge on any atom is -0.480 e. The Labute approximate surface area is 132 Å². The van der Waals surface area contributed by atoms with Crippen LogP contribution >= 0.6 is 0 Å². The Morgan fingerprint density at radius 3 is 2.50 bits per heavy atom. The highest BCUT2D eigenvalue weighted by molar-refractivity contribution is 5.94. The highest BCUT2D eigenvalue weighted by atomic mass is 16.4. The zero-order valence-electron chi connectivity index (χ0n) is 13.8. The predicted molar refractivity (Wildman–Crippen MR) is 88.0 cm³/mol. The number of benzene rings is 1. The number of aryl methyl sites for hydroxylation is 1. The van der Waals surface area contributed by atoms with Crippen LogP contribution in [-0.4, -0.2) is 29.6 Å². The van der Waals surface area contributed by atoms with E-state index in [0.29, 0.717) is 12.5 Å². The summed E-state index contributed by atoms with van der Waals surface area (Å²) >= 11 is 0. The first-order valence-electron chi connectivity index (χ1n) is 7.63. The third-order valence-electron chi connectivity index (χ3n) is 3.68. The summed E-state index contributed by atoms with van der Waals surface area (Å²) in [4.78, 5) is 23.3. The number of carboxylic acid groups (broad SMARTS) is 1. The van der Waals surface area contributed by atoms with Crippen molar-refractivity contribution in [2.24, 2.45) is 5.92 Å². The van der Waals surface area contributed by atoms with Crippen molar-refractivity contribution < 1.29 is 14.7 Å². The summed E-state index contributed by atoms with van der Waals surface area (Å²) in [6.45, 7) is 8.64. The molecular formula is C17H26N2O3. The number of hydrogen-bond donors (Lipinski definition) is 3. The second kappa shape index (κ2) is 8.54. The number of aliphatic carboxylic acids is 1. The Morgan fingerprint density at radius 1 is 1.23 bits per heavy atom. The quantitative estimate of drug-likeness (QED) is 0.690. The number of carboxylic acids is 1. The van der Waals surface area contributed by atoms with Crippen molar-refractivity contribution in [2.45, 2.75) is 46.6 Å². The highest BCUT2D eigenvalue weighted by Gasteiger charge is 2.21. The van der Waals surface area contributed by atoms with Crippen LogP contribution in [0.5, 0.6) is 0 Å². The second-order valence-electron chi connectivity index (χ2n) is 6.03. The molecule has 0 aliphatic carbocycles. The van der Waals surface area contributed by atoms with Crippen LogP contribution in [0.25, 0.3) is 0 Å². The molecule has 1 aromatic rings. The van der Waals surface area contributed by atoms with Gasteiger partial charge in [-0.1, -0.05) is 26.0 Å². The zero-order valence-corrected chi connectivity index (χ0v) is 13.8. The van der Waals surface area contributed by atoms with Crippen molar-refractivity contribution in [2.75, 3.05) is 11.9 Å². The lowest BCUT2D eigenvalue weighted by Crippen LogP contribution is -2.40. The number of anilines is 1. The van der Waals surface area contributed by atoms with Crippen LogP contribution in [0.2, 0.25) is 0 Å². The van der Waals surface area contributed by atoms with Crippen LogP contribution in [0.4, 0.5) is 5.69 Å². The molecule has 0 aliphatic rings. The van der Waals surface area contributed by atoms with Gasteiger partial charge in [-0.25, -0.2) is 0 Å². The molecule has 1 amide bonds. The summed E-state index contributed by atoms with van der Waals surface area (Å²) in [6.07, 6.45) is 0.795. The standard InChI is InChI=1S/C17H26N2O3/c1-11(2)8-9-18-15(17(21)22)10-16(20)19-14-7-5-6-12(3)13(14)4/h5-7,11,15,18H,8-10H2,1-4H3,(H,19,20)(H,21,22)/t15-/m1/s1. The van der Waals surface area contributed by atoms with Crippen LogP contribution in [-0.2, 0) is 9.59 Å². The minimum atomic E-state index is -1.00. The van der Waals surface area contributed by atoms with Gasteiger partial charge in [-0.05, 0) is 49.9 Å². The van der Waals surface area contributed by atoms with Crippen molar-refractivity contribution in [1.29, 1.82) is 0 Å². The molecule has 5 heteroatoms. The number of carbonyl (C=O) groups excluding carboxylic acids is 1. The molecule has 1 atom stereocenters. The molecule has 0 unspecified atom stereocenters. The van der Waals surface area contributed by atoms with E-state index in [1.165, 1.54) is 0 Å². The normalized spacial score (nSPS) is 12.2. The Hall–Kier alpha value is -1.88. The van der Waals surface area contributed by atoms with Crippen molar-refractivity contribution in [3.8, 4) is 0 Å². The first kappa shape index (κ1) is 18.2. The third kappa shape index (κ3) is 5.85. The molecule has 0 saturated carbocycles. The van der Waals surface area contributed by atoms with Gasteiger partial charge in [-0.3, -0.25) is 9.59 Å². The van der Waals surface area contributed by atoms with E-state index in [-0.39, 0.29) is 12.3 Å². The monoisotopic (exact) mass is 306 g/mol. The zero-order chi connectivity index (χ0) is 16.7. The average Bonchev–Trinajstić information content (AvgIpc) is 2.42. The first-order chi connectivity index (χ1) is 10.3. The highest BCUT2D eigenvalue weighted by Crippen LogP contribution is 2.18. The molecule has 5 nitrogen and oxygen atoms in total. The van der Waals surface area contributed by atoms with Gasteiger partial charge in [0.25, 0.3) is 0 Å². The summed E-state index contributed by atoms with van der Waals surface area (Å²) in [7, 11) is 0. The summed E-state index contributed by atoms with van der Waals surface area (Å²) in [5.41, 5.74) is 2.81. The molecule has 22 heavy (non-hydrogen) atoms. The summed E-state index contributed by atoms with van der Waals surface area (Å²) in [5.74, 6) is -0.802. The van der Waals surface area contributed by atoms with Gasteiger partial charge in [0.05, 0.1) is 6.42 Å². The maximum Gasteiger partial charge on any atom is 0.321 e. The van der Waals surface area contributed by atoms with Gasteiger partial charge in [0.15, 0.2) is 0 Å². The van der Waals surface area contributed by atoms with Gasteiger partial charge in [-0.2, -0.15) is 0 Å². The Morgan fingerprint density at radius 2 is 1.91 bits per heavy atom. The number of rotatable bonds is 8. The van der Waals surface area contributed by atoms with Gasteiger partial charge in [0, 0.05) is 5.69 Å². The summed E-state index contributed by atoms with van der Waals surface area (Å²) < 4.78 is 0. The maximum atomic E-state index is 12.1. The van der Waals surface area contributed by atoms with E-state index in [4.69, 9.17) is 0 Å². The first-order valence-corrected chi connectivity index (χ1v) is 7.63. The molecule has 0 heterocycles. The smallest absolute Gasteiger partial charge is 0.321 e. The third-order valence-corrected chi connectivity index (χ3v) is 3.68. The molecule has 0 aromatic heterocycles. The second-order valence-corrected chi connectivity index (χ2v) is 6.03. The average molecular weight is 306 g/mol. The van der Waals surface area contributed by atoms with E-state index >= 15 is 0 Å². The van der Waals surface area contributed by atoms with Crippen molar-refractivity contribution in [3.63, 3.8) is 0 Å². The lowest BCUT2D eigenvalue weighted by molar-refractivity contribution is -0.141. The van der Waals surface area contributed by atoms with Gasteiger partial charge in [0.2, 0.25) is 5.91 Å². The molecular weight excluding hydrogens is 280 g/mol. The van der Waals surface area contributed by atoms with E-state index < -0.39 is 12.0 Å². The number of amides is 1. The molecule has 1 rings (SSSR count). The topological polar surface area (TPSA) is 78.4 Å². The number of carbonyl (C=O) groups is 2. The molecule has 1 aromatic carbocycles.